The predicted molar refractivity (Wildman–Crippen MR) is 99.8 cm³/mol. The summed E-state index contributed by atoms with van der Waals surface area (Å²) in [5, 5.41) is 11.8. The van der Waals surface area contributed by atoms with Gasteiger partial charge in [-0.05, 0) is 67.5 Å². The Labute approximate surface area is 157 Å². The summed E-state index contributed by atoms with van der Waals surface area (Å²) in [5.74, 6) is 0.978. The number of fused-ring (bicyclic) bond motifs is 1. The molecule has 0 aliphatic heterocycles. The summed E-state index contributed by atoms with van der Waals surface area (Å²) in [6.45, 7) is 0. The van der Waals surface area contributed by atoms with Crippen LogP contribution in [0.25, 0.3) is 0 Å². The highest BCUT2D eigenvalue weighted by Crippen LogP contribution is 2.33. The number of aryl methyl sites for hydroxylation is 1. The lowest BCUT2D eigenvalue weighted by molar-refractivity contribution is -0.133. The summed E-state index contributed by atoms with van der Waals surface area (Å²) >= 11 is 0. The summed E-state index contributed by atoms with van der Waals surface area (Å²) < 4.78 is 5.96. The van der Waals surface area contributed by atoms with Gasteiger partial charge in [-0.15, -0.1) is 0 Å². The van der Waals surface area contributed by atoms with E-state index < -0.39 is 0 Å². The molecule has 2 amide bonds. The third kappa shape index (κ3) is 4.11. The van der Waals surface area contributed by atoms with Crippen LogP contribution in [0.2, 0.25) is 0 Å². The van der Waals surface area contributed by atoms with Crippen molar-refractivity contribution in [2.45, 2.75) is 32.1 Å². The molecule has 2 aliphatic carbocycles. The molecule has 1 atom stereocenters. The fourth-order valence-electron chi connectivity index (χ4n) is 3.48. The normalized spacial score (nSPS) is 18.3. The van der Waals surface area contributed by atoms with Crippen LogP contribution in [0.15, 0.2) is 42.5 Å². The van der Waals surface area contributed by atoms with E-state index in [4.69, 9.17) is 9.94 Å². The third-order valence-corrected chi connectivity index (χ3v) is 5.17. The average Bonchev–Trinajstić information content (AvgIpc) is 3.52. The number of amides is 2. The smallest absolute Gasteiger partial charge is 0.246 e. The lowest BCUT2D eigenvalue weighted by Gasteiger charge is -2.23. The largest absolute Gasteiger partial charge is 0.457 e. The molecule has 27 heavy (non-hydrogen) atoms. The molecule has 1 fully saturated rings. The van der Waals surface area contributed by atoms with Gasteiger partial charge >= 0.3 is 0 Å². The molecule has 0 radical (unpaired) electrons. The first kappa shape index (κ1) is 17.5. The Morgan fingerprint density at radius 1 is 0.926 bits per heavy atom. The third-order valence-electron chi connectivity index (χ3n) is 5.17. The average molecular weight is 366 g/mol. The van der Waals surface area contributed by atoms with Gasteiger partial charge in [0.15, 0.2) is 0 Å². The van der Waals surface area contributed by atoms with Crippen LogP contribution < -0.4 is 15.5 Å². The zero-order valence-corrected chi connectivity index (χ0v) is 14.9. The van der Waals surface area contributed by atoms with Gasteiger partial charge in [0.05, 0.1) is 0 Å². The molecular weight excluding hydrogens is 344 g/mol. The van der Waals surface area contributed by atoms with Crippen LogP contribution in [0.4, 0.5) is 5.69 Å². The van der Waals surface area contributed by atoms with Crippen molar-refractivity contribution in [3.05, 3.63) is 53.6 Å². The maximum Gasteiger partial charge on any atom is 0.246 e. The van der Waals surface area contributed by atoms with Crippen LogP contribution in [0.5, 0.6) is 11.5 Å². The van der Waals surface area contributed by atoms with E-state index in [-0.39, 0.29) is 23.7 Å². The number of nitrogens with one attached hydrogen (secondary N) is 2. The molecule has 6 heteroatoms. The van der Waals surface area contributed by atoms with Gasteiger partial charge in [0.1, 0.15) is 11.5 Å². The number of carbonyl (C=O) groups excluding carboxylic acids is 2. The highest BCUT2D eigenvalue weighted by atomic mass is 16.5. The second-order valence-electron chi connectivity index (χ2n) is 7.24. The number of rotatable bonds is 5. The molecule has 2 aromatic carbocycles. The van der Waals surface area contributed by atoms with Crippen molar-refractivity contribution in [3.63, 3.8) is 0 Å². The predicted octanol–water partition coefficient (Wildman–Crippen LogP) is 3.44. The van der Waals surface area contributed by atoms with E-state index in [0.717, 1.165) is 36.9 Å². The molecular formula is C21H22N2O4. The summed E-state index contributed by atoms with van der Waals surface area (Å²) in [4.78, 5) is 23.6. The summed E-state index contributed by atoms with van der Waals surface area (Å²) in [5.41, 5.74) is 4.74. The van der Waals surface area contributed by atoms with Crippen molar-refractivity contribution >= 4 is 17.5 Å². The maximum absolute atomic E-state index is 11.9. The van der Waals surface area contributed by atoms with Gasteiger partial charge in [-0.3, -0.25) is 14.8 Å². The zero-order chi connectivity index (χ0) is 18.8. The van der Waals surface area contributed by atoms with Crippen LogP contribution in [0.3, 0.4) is 0 Å². The molecule has 0 spiro atoms. The first-order chi connectivity index (χ1) is 13.1. The molecule has 4 rings (SSSR count). The quantitative estimate of drug-likeness (QED) is 0.559. The van der Waals surface area contributed by atoms with E-state index >= 15 is 0 Å². The Hall–Kier alpha value is -2.86. The lowest BCUT2D eigenvalue weighted by atomic mass is 9.83. The minimum atomic E-state index is -0.342. The number of benzene rings is 2. The van der Waals surface area contributed by atoms with E-state index in [1.807, 2.05) is 42.5 Å². The molecule has 2 aromatic rings. The minimum Gasteiger partial charge on any atom is -0.457 e. The standard InChI is InChI=1S/C21H22N2O4/c24-20(14-5-6-14)22-17-2-1-3-18(12-17)27-19-9-8-13-4-7-15(21(25)23-26)10-16(13)11-19/h1-3,8-9,11-12,14-15,26H,4-7,10H2,(H,22,24)(H,23,25). The summed E-state index contributed by atoms with van der Waals surface area (Å²) in [6.07, 6.45) is 4.04. The Balaban J connectivity index is 1.47. The molecule has 0 aromatic heterocycles. The van der Waals surface area contributed by atoms with E-state index in [9.17, 15) is 9.59 Å². The van der Waals surface area contributed by atoms with Crippen molar-refractivity contribution in [1.29, 1.82) is 0 Å². The van der Waals surface area contributed by atoms with Crippen molar-refractivity contribution in [3.8, 4) is 11.5 Å². The number of carbonyl (C=O) groups is 2. The summed E-state index contributed by atoms with van der Waals surface area (Å²) in [7, 11) is 0. The minimum absolute atomic E-state index is 0.0640. The topological polar surface area (TPSA) is 87.7 Å². The first-order valence-corrected chi connectivity index (χ1v) is 9.27. The molecule has 0 bridgehead atoms. The second-order valence-corrected chi connectivity index (χ2v) is 7.24. The van der Waals surface area contributed by atoms with Gasteiger partial charge in [0.2, 0.25) is 11.8 Å². The molecule has 2 aliphatic rings. The molecule has 140 valence electrons. The number of ether oxygens (including phenoxy) is 1. The highest BCUT2D eigenvalue weighted by Gasteiger charge is 2.29. The molecule has 1 unspecified atom stereocenters. The maximum atomic E-state index is 11.9. The van der Waals surface area contributed by atoms with Crippen molar-refractivity contribution in [1.82, 2.24) is 5.48 Å². The van der Waals surface area contributed by atoms with E-state index in [2.05, 4.69) is 5.32 Å². The van der Waals surface area contributed by atoms with Crippen molar-refractivity contribution in [2.24, 2.45) is 11.8 Å². The van der Waals surface area contributed by atoms with Gasteiger partial charge in [0, 0.05) is 23.6 Å². The SMILES string of the molecule is O=C(NO)C1CCc2ccc(Oc3cccc(NC(=O)C4CC4)c3)cc2C1. The molecule has 1 saturated carbocycles. The van der Waals surface area contributed by atoms with E-state index in [1.165, 1.54) is 5.56 Å². The number of hydrogen-bond donors (Lipinski definition) is 3. The van der Waals surface area contributed by atoms with E-state index in [1.54, 1.807) is 5.48 Å². The van der Waals surface area contributed by atoms with Crippen LogP contribution in [-0.2, 0) is 22.4 Å². The Morgan fingerprint density at radius 3 is 2.52 bits per heavy atom. The Morgan fingerprint density at radius 2 is 1.74 bits per heavy atom. The zero-order valence-electron chi connectivity index (χ0n) is 14.9. The summed E-state index contributed by atoms with van der Waals surface area (Å²) in [6, 6.07) is 13.2. The number of hydroxylamine groups is 1. The lowest BCUT2D eigenvalue weighted by Crippen LogP contribution is -2.31. The monoisotopic (exact) mass is 366 g/mol. The number of anilines is 1. The van der Waals surface area contributed by atoms with Crippen LogP contribution in [-0.4, -0.2) is 17.0 Å². The molecule has 0 heterocycles. The van der Waals surface area contributed by atoms with E-state index in [0.29, 0.717) is 17.9 Å². The molecule has 0 saturated heterocycles. The fraction of sp³-hybridized carbons (Fsp3) is 0.333. The van der Waals surface area contributed by atoms with Gasteiger partial charge in [0.25, 0.3) is 0 Å². The van der Waals surface area contributed by atoms with Gasteiger partial charge in [-0.2, -0.15) is 0 Å². The first-order valence-electron chi connectivity index (χ1n) is 9.27. The second kappa shape index (κ2) is 7.40. The van der Waals surface area contributed by atoms with Crippen LogP contribution in [0.1, 0.15) is 30.4 Å². The number of hydrogen-bond acceptors (Lipinski definition) is 4. The van der Waals surface area contributed by atoms with Crippen molar-refractivity contribution < 1.29 is 19.5 Å². The highest BCUT2D eigenvalue weighted by molar-refractivity contribution is 5.94. The Kier molecular flexibility index (Phi) is 4.81. The van der Waals surface area contributed by atoms with Crippen molar-refractivity contribution in [2.75, 3.05) is 5.32 Å². The van der Waals surface area contributed by atoms with Gasteiger partial charge < -0.3 is 10.1 Å². The molecule has 3 N–H and O–H groups in total. The fourth-order valence-corrected chi connectivity index (χ4v) is 3.48. The van der Waals surface area contributed by atoms with Crippen LogP contribution in [0, 0.1) is 11.8 Å². The van der Waals surface area contributed by atoms with Gasteiger partial charge in [-0.25, -0.2) is 5.48 Å². The Bertz CT molecular complexity index is 876. The molecule has 6 nitrogen and oxygen atoms in total. The van der Waals surface area contributed by atoms with Gasteiger partial charge in [-0.1, -0.05) is 12.1 Å². The van der Waals surface area contributed by atoms with Crippen LogP contribution >= 0.6 is 0 Å².